The Hall–Kier alpha value is -2.09. The molecule has 0 heterocycles. The van der Waals surface area contributed by atoms with E-state index < -0.39 is 12.1 Å². The molecule has 23 heavy (non-hydrogen) atoms. The van der Waals surface area contributed by atoms with Gasteiger partial charge in [0.2, 0.25) is 0 Å². The summed E-state index contributed by atoms with van der Waals surface area (Å²) in [5.74, 6) is -0.222. The number of halogens is 1. The highest BCUT2D eigenvalue weighted by molar-refractivity contribution is 14.1. The summed E-state index contributed by atoms with van der Waals surface area (Å²) in [5.41, 5.74) is 1.45. The minimum Gasteiger partial charge on any atom is -0.493 e. The lowest BCUT2D eigenvalue weighted by molar-refractivity contribution is -0.144. The van der Waals surface area contributed by atoms with Gasteiger partial charge in [0.25, 0.3) is 0 Å². The van der Waals surface area contributed by atoms with E-state index in [1.54, 1.807) is 24.4 Å². The standard InChI is InChI=1S/C17H16INO4/c1-11(17(20)21)23-16-12(5-3-8-15(16)22-2)10-19-14-7-4-6-13(18)9-14/h3-11H,1-2H3,(H,20,21)/t11-/m0/s1. The van der Waals surface area contributed by atoms with E-state index in [9.17, 15) is 4.79 Å². The number of rotatable bonds is 6. The molecule has 0 radical (unpaired) electrons. The molecule has 2 rings (SSSR count). The third-order valence-corrected chi connectivity index (χ3v) is 3.70. The molecule has 0 saturated carbocycles. The van der Waals surface area contributed by atoms with Crippen LogP contribution in [0.15, 0.2) is 47.5 Å². The summed E-state index contributed by atoms with van der Waals surface area (Å²) in [4.78, 5) is 15.4. The van der Waals surface area contributed by atoms with Gasteiger partial charge in [-0.3, -0.25) is 4.99 Å². The van der Waals surface area contributed by atoms with Gasteiger partial charge in [-0.1, -0.05) is 12.1 Å². The van der Waals surface area contributed by atoms with Gasteiger partial charge < -0.3 is 14.6 Å². The molecule has 0 unspecified atom stereocenters. The predicted octanol–water partition coefficient (Wildman–Crippen LogP) is 3.90. The van der Waals surface area contributed by atoms with Crippen molar-refractivity contribution in [3.05, 3.63) is 51.6 Å². The highest BCUT2D eigenvalue weighted by atomic mass is 127. The van der Waals surface area contributed by atoms with Crippen LogP contribution in [0.4, 0.5) is 5.69 Å². The number of para-hydroxylation sites is 1. The maximum Gasteiger partial charge on any atom is 0.344 e. The highest BCUT2D eigenvalue weighted by Gasteiger charge is 2.17. The average molecular weight is 425 g/mol. The highest BCUT2D eigenvalue weighted by Crippen LogP contribution is 2.31. The Morgan fingerprint density at radius 1 is 1.30 bits per heavy atom. The average Bonchev–Trinajstić information content (AvgIpc) is 2.53. The lowest BCUT2D eigenvalue weighted by Gasteiger charge is -2.15. The van der Waals surface area contributed by atoms with Crippen LogP contribution in [0, 0.1) is 3.57 Å². The van der Waals surface area contributed by atoms with E-state index in [1.165, 1.54) is 14.0 Å². The van der Waals surface area contributed by atoms with Gasteiger partial charge in [-0.2, -0.15) is 0 Å². The van der Waals surface area contributed by atoms with Crippen molar-refractivity contribution in [1.29, 1.82) is 0 Å². The fraction of sp³-hybridized carbons (Fsp3) is 0.176. The van der Waals surface area contributed by atoms with E-state index in [0.717, 1.165) is 9.26 Å². The first-order valence-corrected chi connectivity index (χ1v) is 7.95. The van der Waals surface area contributed by atoms with Crippen molar-refractivity contribution < 1.29 is 19.4 Å². The number of ether oxygens (including phenoxy) is 2. The Morgan fingerprint density at radius 2 is 2.04 bits per heavy atom. The molecule has 1 atom stereocenters. The van der Waals surface area contributed by atoms with Crippen LogP contribution in [0.5, 0.6) is 11.5 Å². The summed E-state index contributed by atoms with van der Waals surface area (Å²) < 4.78 is 11.9. The Bertz CT molecular complexity index is 730. The van der Waals surface area contributed by atoms with Crippen LogP contribution in [-0.4, -0.2) is 30.5 Å². The van der Waals surface area contributed by atoms with Gasteiger partial charge in [-0.15, -0.1) is 0 Å². The molecule has 0 saturated heterocycles. The topological polar surface area (TPSA) is 68.1 Å². The van der Waals surface area contributed by atoms with Gasteiger partial charge in [0.1, 0.15) is 0 Å². The summed E-state index contributed by atoms with van der Waals surface area (Å²) >= 11 is 2.22. The Balaban J connectivity index is 2.35. The second-order valence-electron chi connectivity index (χ2n) is 4.72. The normalized spacial score (nSPS) is 12.1. The molecule has 0 aliphatic carbocycles. The Labute approximate surface area is 148 Å². The number of aliphatic carboxylic acids is 1. The largest absolute Gasteiger partial charge is 0.493 e. The van der Waals surface area contributed by atoms with Crippen LogP contribution in [-0.2, 0) is 4.79 Å². The van der Waals surface area contributed by atoms with Crippen LogP contribution in [0.2, 0.25) is 0 Å². The zero-order valence-corrected chi connectivity index (χ0v) is 14.9. The number of hydrogen-bond donors (Lipinski definition) is 1. The first-order chi connectivity index (χ1) is 11.0. The fourth-order valence-electron chi connectivity index (χ4n) is 1.85. The van der Waals surface area contributed by atoms with E-state index in [0.29, 0.717) is 17.1 Å². The summed E-state index contributed by atoms with van der Waals surface area (Å²) in [5, 5.41) is 9.04. The maximum absolute atomic E-state index is 11.0. The van der Waals surface area contributed by atoms with Gasteiger partial charge in [0.15, 0.2) is 17.6 Å². The quantitative estimate of drug-likeness (QED) is 0.563. The molecule has 0 amide bonds. The van der Waals surface area contributed by atoms with E-state index in [4.69, 9.17) is 14.6 Å². The smallest absolute Gasteiger partial charge is 0.344 e. The van der Waals surface area contributed by atoms with Crippen molar-refractivity contribution in [3.63, 3.8) is 0 Å². The first kappa shape index (κ1) is 17.3. The first-order valence-electron chi connectivity index (χ1n) is 6.87. The molecule has 2 aromatic carbocycles. The minimum absolute atomic E-state index is 0.360. The number of aliphatic imine (C=N–C) groups is 1. The van der Waals surface area contributed by atoms with Crippen molar-refractivity contribution in [3.8, 4) is 11.5 Å². The van der Waals surface area contributed by atoms with E-state index >= 15 is 0 Å². The summed E-state index contributed by atoms with van der Waals surface area (Å²) in [6.45, 7) is 1.47. The zero-order chi connectivity index (χ0) is 16.8. The Kier molecular flexibility index (Phi) is 5.97. The van der Waals surface area contributed by atoms with Gasteiger partial charge in [0.05, 0.1) is 12.8 Å². The van der Waals surface area contributed by atoms with Gasteiger partial charge in [-0.25, -0.2) is 4.79 Å². The lowest BCUT2D eigenvalue weighted by atomic mass is 10.2. The number of methoxy groups -OCH3 is 1. The second kappa shape index (κ2) is 7.96. The maximum atomic E-state index is 11.0. The Morgan fingerprint density at radius 3 is 2.70 bits per heavy atom. The molecular weight excluding hydrogens is 409 g/mol. The van der Waals surface area contributed by atoms with Crippen molar-refractivity contribution in [2.75, 3.05) is 7.11 Å². The van der Waals surface area contributed by atoms with Gasteiger partial charge in [-0.05, 0) is 59.8 Å². The van der Waals surface area contributed by atoms with Crippen LogP contribution in [0.1, 0.15) is 12.5 Å². The van der Waals surface area contributed by atoms with Crippen molar-refractivity contribution in [2.24, 2.45) is 4.99 Å². The number of nitrogens with zero attached hydrogens (tertiary/aromatic N) is 1. The van der Waals surface area contributed by atoms with Crippen molar-refractivity contribution in [2.45, 2.75) is 13.0 Å². The summed E-state index contributed by atoms with van der Waals surface area (Å²) in [6.07, 6.45) is 0.647. The number of carbonyl (C=O) groups is 1. The molecule has 2 aromatic rings. The monoisotopic (exact) mass is 425 g/mol. The number of carboxylic acids is 1. The van der Waals surface area contributed by atoms with Gasteiger partial charge in [0, 0.05) is 15.3 Å². The zero-order valence-electron chi connectivity index (χ0n) is 12.7. The van der Waals surface area contributed by atoms with Crippen LogP contribution in [0.3, 0.4) is 0 Å². The fourth-order valence-corrected chi connectivity index (χ4v) is 2.38. The summed E-state index contributed by atoms with van der Waals surface area (Å²) in [7, 11) is 1.51. The molecule has 0 aromatic heterocycles. The summed E-state index contributed by atoms with van der Waals surface area (Å²) in [6, 6.07) is 13.0. The van der Waals surface area contributed by atoms with Crippen LogP contribution in [0.25, 0.3) is 0 Å². The number of carboxylic acid groups (broad SMARTS) is 1. The third-order valence-electron chi connectivity index (χ3n) is 3.03. The molecule has 0 spiro atoms. The second-order valence-corrected chi connectivity index (χ2v) is 5.96. The van der Waals surface area contributed by atoms with Crippen LogP contribution < -0.4 is 9.47 Å². The molecule has 6 heteroatoms. The molecule has 0 bridgehead atoms. The number of hydrogen-bond acceptors (Lipinski definition) is 4. The molecule has 120 valence electrons. The minimum atomic E-state index is -1.04. The molecule has 0 aliphatic rings. The molecule has 0 aliphatic heterocycles. The van der Waals surface area contributed by atoms with Crippen molar-refractivity contribution in [1.82, 2.24) is 0 Å². The molecular formula is C17H16INO4. The van der Waals surface area contributed by atoms with E-state index in [2.05, 4.69) is 27.6 Å². The van der Waals surface area contributed by atoms with Crippen LogP contribution >= 0.6 is 22.6 Å². The molecule has 1 N–H and O–H groups in total. The van der Waals surface area contributed by atoms with Gasteiger partial charge >= 0.3 is 5.97 Å². The predicted molar refractivity (Wildman–Crippen MR) is 97.1 cm³/mol. The molecule has 5 nitrogen and oxygen atoms in total. The third kappa shape index (κ3) is 4.69. The van der Waals surface area contributed by atoms with E-state index in [1.807, 2.05) is 24.3 Å². The van der Waals surface area contributed by atoms with Crippen molar-refractivity contribution >= 4 is 40.5 Å². The lowest BCUT2D eigenvalue weighted by Crippen LogP contribution is -2.23. The molecule has 0 fully saturated rings. The SMILES string of the molecule is COc1cccc(C=Nc2cccc(I)c2)c1O[C@@H](C)C(=O)O. The number of benzene rings is 2. The van der Waals surface area contributed by atoms with E-state index in [-0.39, 0.29) is 0 Å².